The molecule has 10 nitrogen and oxygen atoms in total. The second-order valence-corrected chi connectivity index (χ2v) is 8.85. The minimum absolute atomic E-state index is 0.0582. The molecule has 6 N–H and O–H groups in total. The Hall–Kier alpha value is -2.43. The van der Waals surface area contributed by atoms with E-state index in [1.165, 1.54) is 0 Å². The number of carbonyl (C=O) groups excluding carboxylic acids is 2. The lowest BCUT2D eigenvalue weighted by Gasteiger charge is -2.31. The number of aromatic nitrogens is 1. The van der Waals surface area contributed by atoms with E-state index in [-0.39, 0.29) is 31.1 Å². The van der Waals surface area contributed by atoms with Gasteiger partial charge in [0.05, 0.1) is 31.4 Å². The van der Waals surface area contributed by atoms with Gasteiger partial charge in [0, 0.05) is 19.4 Å². The molecule has 10 heteroatoms. The van der Waals surface area contributed by atoms with Crippen molar-refractivity contribution in [2.45, 2.75) is 57.7 Å². The zero-order valence-corrected chi connectivity index (χ0v) is 19.2. The van der Waals surface area contributed by atoms with Crippen molar-refractivity contribution in [2.75, 3.05) is 38.8 Å². The number of nitrogens with one attached hydrogen (secondary N) is 3. The van der Waals surface area contributed by atoms with Crippen molar-refractivity contribution in [1.82, 2.24) is 20.9 Å². The lowest BCUT2D eigenvalue weighted by molar-refractivity contribution is -0.126. The number of pyridine rings is 1. The Morgan fingerprint density at radius 1 is 1.31 bits per heavy atom. The van der Waals surface area contributed by atoms with Crippen molar-refractivity contribution in [3.8, 4) is 0 Å². The summed E-state index contributed by atoms with van der Waals surface area (Å²) in [7, 11) is 0. The summed E-state index contributed by atoms with van der Waals surface area (Å²) in [6.07, 6.45) is 3.62. The number of rotatable bonds is 6. The van der Waals surface area contributed by atoms with Crippen molar-refractivity contribution >= 4 is 17.8 Å². The van der Waals surface area contributed by atoms with E-state index >= 15 is 0 Å². The number of aliphatic hydroxyl groups excluding tert-OH is 1. The third-order valence-corrected chi connectivity index (χ3v) is 5.37. The van der Waals surface area contributed by atoms with E-state index in [4.69, 9.17) is 15.2 Å². The van der Waals surface area contributed by atoms with Gasteiger partial charge in [0.1, 0.15) is 11.9 Å². The first-order valence-corrected chi connectivity index (χ1v) is 11.1. The molecule has 3 amide bonds. The molecule has 1 aromatic rings. The number of carbonyl (C=O) groups is 2. The molecule has 2 rings (SSSR count). The summed E-state index contributed by atoms with van der Waals surface area (Å²) in [6.45, 7) is 7.00. The second-order valence-electron chi connectivity index (χ2n) is 8.85. The Kier molecular flexibility index (Phi) is 10.1. The van der Waals surface area contributed by atoms with Gasteiger partial charge in [-0.2, -0.15) is 0 Å². The highest BCUT2D eigenvalue weighted by atomic mass is 16.5. The van der Waals surface area contributed by atoms with Gasteiger partial charge >= 0.3 is 6.03 Å². The maximum atomic E-state index is 12.9. The largest absolute Gasteiger partial charge is 0.394 e. The fraction of sp³-hybridized carbons (Fsp3) is 0.682. The maximum Gasteiger partial charge on any atom is 0.316 e. The van der Waals surface area contributed by atoms with Crippen molar-refractivity contribution < 1.29 is 24.2 Å². The Morgan fingerprint density at radius 2 is 2.00 bits per heavy atom. The van der Waals surface area contributed by atoms with Crippen LogP contribution in [-0.2, 0) is 20.7 Å². The van der Waals surface area contributed by atoms with Gasteiger partial charge in [-0.25, -0.2) is 9.78 Å². The van der Waals surface area contributed by atoms with Gasteiger partial charge in [0.15, 0.2) is 0 Å². The molecule has 0 aromatic carbocycles. The lowest BCUT2D eigenvalue weighted by Crippen LogP contribution is -2.59. The van der Waals surface area contributed by atoms with Gasteiger partial charge in [0.2, 0.25) is 5.91 Å². The molecule has 1 saturated heterocycles. The van der Waals surface area contributed by atoms with E-state index < -0.39 is 17.6 Å². The van der Waals surface area contributed by atoms with Crippen molar-refractivity contribution in [1.29, 1.82) is 0 Å². The molecule has 1 fully saturated rings. The number of aliphatic hydroxyl groups is 1. The summed E-state index contributed by atoms with van der Waals surface area (Å²) >= 11 is 0. The minimum Gasteiger partial charge on any atom is -0.394 e. The smallest absolute Gasteiger partial charge is 0.316 e. The van der Waals surface area contributed by atoms with Crippen LogP contribution in [0.2, 0.25) is 0 Å². The van der Waals surface area contributed by atoms with Gasteiger partial charge < -0.3 is 36.3 Å². The molecule has 2 heterocycles. The number of hydrogen-bond donors (Lipinski definition) is 5. The van der Waals surface area contributed by atoms with Crippen molar-refractivity contribution in [3.05, 3.63) is 23.9 Å². The average molecular weight is 452 g/mol. The zero-order valence-electron chi connectivity index (χ0n) is 19.2. The van der Waals surface area contributed by atoms with Crippen LogP contribution in [0.1, 0.15) is 39.2 Å². The molecule has 0 saturated carbocycles. The molecule has 0 bridgehead atoms. The molecule has 3 atom stereocenters. The van der Waals surface area contributed by atoms with E-state index in [0.29, 0.717) is 32.1 Å². The second kappa shape index (κ2) is 12.6. The Morgan fingerprint density at radius 3 is 2.59 bits per heavy atom. The average Bonchev–Trinajstić information content (AvgIpc) is 2.74. The Labute approximate surface area is 189 Å². The van der Waals surface area contributed by atoms with E-state index in [1.54, 1.807) is 25.3 Å². The topological polar surface area (TPSA) is 148 Å². The van der Waals surface area contributed by atoms with Crippen molar-refractivity contribution in [3.63, 3.8) is 0 Å². The van der Waals surface area contributed by atoms with Gasteiger partial charge in [0.25, 0.3) is 0 Å². The van der Waals surface area contributed by atoms with Gasteiger partial charge in [-0.3, -0.25) is 4.79 Å². The summed E-state index contributed by atoms with van der Waals surface area (Å²) in [5.74, 6) is 0.226. The maximum absolute atomic E-state index is 12.9. The molecule has 32 heavy (non-hydrogen) atoms. The van der Waals surface area contributed by atoms with Gasteiger partial charge in [-0.05, 0) is 43.7 Å². The third-order valence-electron chi connectivity index (χ3n) is 5.37. The number of nitrogen functional groups attached to an aromatic ring is 1. The zero-order chi connectivity index (χ0) is 23.6. The molecule has 0 spiro atoms. The van der Waals surface area contributed by atoms with E-state index in [9.17, 15) is 14.7 Å². The molecule has 1 aliphatic rings. The predicted octanol–water partition coefficient (Wildman–Crippen LogP) is 0.593. The summed E-state index contributed by atoms with van der Waals surface area (Å²) in [5.41, 5.74) is 5.46. The van der Waals surface area contributed by atoms with Crippen LogP contribution in [0.15, 0.2) is 18.3 Å². The van der Waals surface area contributed by atoms with Gasteiger partial charge in [-0.1, -0.05) is 19.9 Å². The highest BCUT2D eigenvalue weighted by Gasteiger charge is 2.30. The molecular formula is C22H37N5O5. The molecule has 3 unspecified atom stereocenters. The van der Waals surface area contributed by atoms with Crippen LogP contribution < -0.4 is 21.7 Å². The number of anilines is 1. The predicted molar refractivity (Wildman–Crippen MR) is 121 cm³/mol. The van der Waals surface area contributed by atoms with E-state index in [0.717, 1.165) is 18.4 Å². The van der Waals surface area contributed by atoms with E-state index in [2.05, 4.69) is 20.9 Å². The normalized spacial score (nSPS) is 22.7. The van der Waals surface area contributed by atoms with Crippen LogP contribution in [0.25, 0.3) is 0 Å². The van der Waals surface area contributed by atoms with Crippen LogP contribution in [0.3, 0.4) is 0 Å². The molecule has 180 valence electrons. The molecule has 0 radical (unpaired) electrons. The lowest BCUT2D eigenvalue weighted by atomic mass is 9.94. The van der Waals surface area contributed by atoms with E-state index in [1.807, 2.05) is 13.8 Å². The Balaban J connectivity index is 2.03. The number of hydrogen-bond acceptors (Lipinski definition) is 7. The van der Waals surface area contributed by atoms with Gasteiger partial charge in [-0.15, -0.1) is 0 Å². The molecule has 1 aliphatic heterocycles. The highest BCUT2D eigenvalue weighted by molar-refractivity contribution is 5.87. The first-order valence-electron chi connectivity index (χ1n) is 11.1. The Bertz CT molecular complexity index is 730. The van der Waals surface area contributed by atoms with Crippen LogP contribution in [0.4, 0.5) is 10.6 Å². The standard InChI is InChI=1S/C22H37N5O5/c1-15(2)17-12-31-8-4-5-9-32-13-18(20(29)25-17)26-21(30)27-22(3,14-28)10-16-6-7-19(23)24-11-16/h6-7,11,15,17-18,28H,4-5,8-10,12-14H2,1-3H3,(H2,23,24)(H,25,29)(H2,26,27,30). The summed E-state index contributed by atoms with van der Waals surface area (Å²) in [6, 6.07) is 1.83. The van der Waals surface area contributed by atoms with Crippen LogP contribution in [0, 0.1) is 5.92 Å². The third kappa shape index (κ3) is 8.60. The monoisotopic (exact) mass is 451 g/mol. The quantitative estimate of drug-likeness (QED) is 0.425. The highest BCUT2D eigenvalue weighted by Crippen LogP contribution is 2.13. The first-order chi connectivity index (χ1) is 15.2. The molecule has 1 aromatic heterocycles. The van der Waals surface area contributed by atoms with Crippen LogP contribution in [0.5, 0.6) is 0 Å². The van der Waals surface area contributed by atoms with Crippen LogP contribution in [-0.4, -0.2) is 72.7 Å². The number of amides is 3. The number of ether oxygens (including phenoxy) is 2. The summed E-state index contributed by atoms with van der Waals surface area (Å²) in [4.78, 5) is 29.7. The van der Waals surface area contributed by atoms with Crippen LogP contribution >= 0.6 is 0 Å². The summed E-state index contributed by atoms with van der Waals surface area (Å²) < 4.78 is 11.3. The number of urea groups is 1. The minimum atomic E-state index is -0.959. The summed E-state index contributed by atoms with van der Waals surface area (Å²) in [5, 5.41) is 18.3. The SMILES string of the molecule is CC(C)C1COCCCCOCC(NC(=O)NC(C)(CO)Cc2ccc(N)nc2)C(=O)N1. The van der Waals surface area contributed by atoms with Crippen molar-refractivity contribution in [2.24, 2.45) is 5.92 Å². The first kappa shape index (κ1) is 25.8. The molecular weight excluding hydrogens is 414 g/mol. The molecule has 0 aliphatic carbocycles. The fourth-order valence-electron chi connectivity index (χ4n) is 3.29. The fourth-order valence-corrected chi connectivity index (χ4v) is 3.29. The number of nitrogens with two attached hydrogens (primary N) is 1. The number of nitrogens with zero attached hydrogens (tertiary/aromatic N) is 1.